The molecule has 0 aliphatic carbocycles. The molecular formula is C13H14ClN3O2. The molecule has 0 spiro atoms. The number of hydrogen-bond acceptors (Lipinski definition) is 4. The highest BCUT2D eigenvalue weighted by Gasteiger charge is 2.21. The number of anilines is 1. The molecule has 100 valence electrons. The van der Waals surface area contributed by atoms with E-state index in [0.29, 0.717) is 17.3 Å². The van der Waals surface area contributed by atoms with Crippen molar-refractivity contribution in [2.24, 2.45) is 0 Å². The van der Waals surface area contributed by atoms with Crippen LogP contribution in [0.3, 0.4) is 0 Å². The average molecular weight is 280 g/mol. The van der Waals surface area contributed by atoms with Gasteiger partial charge in [0.25, 0.3) is 0 Å². The van der Waals surface area contributed by atoms with Crippen LogP contribution >= 0.6 is 11.6 Å². The fourth-order valence-corrected chi connectivity index (χ4v) is 1.97. The zero-order valence-corrected chi connectivity index (χ0v) is 11.4. The van der Waals surface area contributed by atoms with Crippen molar-refractivity contribution in [1.29, 1.82) is 0 Å². The van der Waals surface area contributed by atoms with Crippen molar-refractivity contribution in [3.05, 3.63) is 40.8 Å². The van der Waals surface area contributed by atoms with E-state index >= 15 is 0 Å². The predicted octanol–water partition coefficient (Wildman–Crippen LogP) is 2.46. The van der Waals surface area contributed by atoms with E-state index in [1.165, 1.54) is 7.11 Å². The molecule has 0 atom stereocenters. The third-order valence-corrected chi connectivity index (χ3v) is 3.01. The van der Waals surface area contributed by atoms with E-state index in [2.05, 4.69) is 9.72 Å². The van der Waals surface area contributed by atoms with Gasteiger partial charge in [0.2, 0.25) is 0 Å². The predicted molar refractivity (Wildman–Crippen MR) is 73.7 cm³/mol. The molecule has 1 aromatic heterocycles. The van der Waals surface area contributed by atoms with Crippen LogP contribution in [0.1, 0.15) is 23.2 Å². The molecule has 19 heavy (non-hydrogen) atoms. The third kappa shape index (κ3) is 2.42. The third-order valence-electron chi connectivity index (χ3n) is 2.76. The molecule has 1 heterocycles. The lowest BCUT2D eigenvalue weighted by molar-refractivity contribution is 0.0596. The maximum Gasteiger partial charge on any atom is 0.360 e. The Morgan fingerprint density at radius 3 is 2.58 bits per heavy atom. The largest absolute Gasteiger partial charge is 0.464 e. The van der Waals surface area contributed by atoms with Crippen LogP contribution in [0.5, 0.6) is 0 Å². The molecule has 0 unspecified atom stereocenters. The number of carbonyl (C=O) groups is 1. The molecule has 2 N–H and O–H groups in total. The van der Waals surface area contributed by atoms with Gasteiger partial charge in [-0.05, 0) is 24.3 Å². The minimum Gasteiger partial charge on any atom is -0.464 e. The number of aromatic nitrogens is 2. The van der Waals surface area contributed by atoms with Gasteiger partial charge >= 0.3 is 5.97 Å². The first-order chi connectivity index (χ1) is 9.08. The van der Waals surface area contributed by atoms with Crippen molar-refractivity contribution >= 4 is 23.4 Å². The molecule has 2 rings (SSSR count). The Kier molecular flexibility index (Phi) is 3.76. The average Bonchev–Trinajstić information content (AvgIpc) is 2.76. The van der Waals surface area contributed by atoms with E-state index in [1.807, 2.05) is 19.1 Å². The molecule has 5 nitrogen and oxygen atoms in total. The van der Waals surface area contributed by atoms with Crippen molar-refractivity contribution in [3.8, 4) is 5.69 Å². The van der Waals surface area contributed by atoms with Crippen LogP contribution in [0.4, 0.5) is 5.82 Å². The lowest BCUT2D eigenvalue weighted by Gasteiger charge is -2.08. The quantitative estimate of drug-likeness (QED) is 0.876. The van der Waals surface area contributed by atoms with Gasteiger partial charge < -0.3 is 10.5 Å². The molecule has 0 amide bonds. The van der Waals surface area contributed by atoms with Gasteiger partial charge in [-0.15, -0.1) is 0 Å². The summed E-state index contributed by atoms with van der Waals surface area (Å²) in [5, 5.41) is 0.633. The topological polar surface area (TPSA) is 70.1 Å². The Bertz CT molecular complexity index is 605. The molecule has 6 heteroatoms. The number of benzene rings is 1. The molecule has 1 aromatic carbocycles. The number of hydrogen-bond donors (Lipinski definition) is 1. The highest BCUT2D eigenvalue weighted by Crippen LogP contribution is 2.23. The van der Waals surface area contributed by atoms with Gasteiger partial charge in [-0.3, -0.25) is 4.57 Å². The van der Waals surface area contributed by atoms with Gasteiger partial charge in [0.15, 0.2) is 5.69 Å². The summed E-state index contributed by atoms with van der Waals surface area (Å²) < 4.78 is 6.39. The van der Waals surface area contributed by atoms with Gasteiger partial charge in [0.05, 0.1) is 7.11 Å². The first-order valence-corrected chi connectivity index (χ1v) is 6.17. The zero-order chi connectivity index (χ0) is 14.0. The van der Waals surface area contributed by atoms with E-state index in [-0.39, 0.29) is 11.5 Å². The Hall–Kier alpha value is -2.01. The first-order valence-electron chi connectivity index (χ1n) is 5.79. The highest BCUT2D eigenvalue weighted by molar-refractivity contribution is 6.30. The molecule has 0 bridgehead atoms. The number of halogens is 1. The number of esters is 1. The molecule has 0 fully saturated rings. The minimum atomic E-state index is -0.542. The van der Waals surface area contributed by atoms with E-state index in [0.717, 1.165) is 5.69 Å². The first kappa shape index (κ1) is 13.4. The summed E-state index contributed by atoms with van der Waals surface area (Å²) in [5.74, 6) is 0.422. The summed E-state index contributed by atoms with van der Waals surface area (Å²) in [6.07, 6.45) is 0.643. The van der Waals surface area contributed by atoms with Crippen molar-refractivity contribution in [1.82, 2.24) is 9.55 Å². The van der Waals surface area contributed by atoms with E-state index in [9.17, 15) is 4.79 Å². The summed E-state index contributed by atoms with van der Waals surface area (Å²) in [4.78, 5) is 15.8. The Morgan fingerprint density at radius 1 is 1.42 bits per heavy atom. The number of nitrogens with zero attached hydrogens (tertiary/aromatic N) is 2. The maximum absolute atomic E-state index is 11.6. The number of rotatable bonds is 3. The van der Waals surface area contributed by atoms with Gasteiger partial charge in [-0.25, -0.2) is 9.78 Å². The van der Waals surface area contributed by atoms with Gasteiger partial charge in [-0.1, -0.05) is 18.5 Å². The fourth-order valence-electron chi connectivity index (χ4n) is 1.84. The van der Waals surface area contributed by atoms with Crippen molar-refractivity contribution in [3.63, 3.8) is 0 Å². The molecule has 0 radical (unpaired) electrons. The number of carbonyl (C=O) groups excluding carboxylic acids is 1. The zero-order valence-electron chi connectivity index (χ0n) is 10.7. The van der Waals surface area contributed by atoms with Gasteiger partial charge in [-0.2, -0.15) is 0 Å². The molecule has 2 aromatic rings. The number of methoxy groups -OCH3 is 1. The number of imidazole rings is 1. The second-order valence-electron chi connectivity index (χ2n) is 3.92. The van der Waals surface area contributed by atoms with Crippen LogP contribution in [-0.4, -0.2) is 22.6 Å². The van der Waals surface area contributed by atoms with Gasteiger partial charge in [0.1, 0.15) is 11.6 Å². The summed E-state index contributed by atoms with van der Waals surface area (Å²) in [7, 11) is 1.30. The lowest BCUT2D eigenvalue weighted by Crippen LogP contribution is -2.08. The van der Waals surface area contributed by atoms with E-state index in [4.69, 9.17) is 17.3 Å². The van der Waals surface area contributed by atoms with Crippen LogP contribution in [-0.2, 0) is 11.2 Å². The SMILES string of the molecule is CCc1nc(C(=O)OC)c(N)n1-c1ccc(Cl)cc1. The summed E-state index contributed by atoms with van der Waals surface area (Å²) in [5.41, 5.74) is 6.93. The number of nitrogens with two attached hydrogens (primary N) is 1. The summed E-state index contributed by atoms with van der Waals surface area (Å²) >= 11 is 5.86. The molecule has 0 aliphatic rings. The second-order valence-corrected chi connectivity index (χ2v) is 4.36. The number of ether oxygens (including phenoxy) is 1. The van der Waals surface area contributed by atoms with Crippen molar-refractivity contribution in [2.45, 2.75) is 13.3 Å². The summed E-state index contributed by atoms with van der Waals surface area (Å²) in [6.45, 7) is 1.94. The molecule has 0 saturated carbocycles. The molecule has 0 aliphatic heterocycles. The van der Waals surface area contributed by atoms with Crippen LogP contribution < -0.4 is 5.73 Å². The fraction of sp³-hybridized carbons (Fsp3) is 0.231. The Balaban J connectivity index is 2.59. The van der Waals surface area contributed by atoms with E-state index < -0.39 is 5.97 Å². The van der Waals surface area contributed by atoms with Crippen LogP contribution in [0, 0.1) is 0 Å². The minimum absolute atomic E-state index is 0.134. The monoisotopic (exact) mass is 279 g/mol. The van der Waals surface area contributed by atoms with E-state index in [1.54, 1.807) is 16.7 Å². The standard InChI is InChI=1S/C13H14ClN3O2/c1-3-10-16-11(13(18)19-2)12(15)17(10)9-6-4-8(14)5-7-9/h4-7H,3,15H2,1-2H3. The smallest absolute Gasteiger partial charge is 0.360 e. The van der Waals surface area contributed by atoms with Crippen LogP contribution in [0.25, 0.3) is 5.69 Å². The lowest BCUT2D eigenvalue weighted by atomic mass is 10.3. The van der Waals surface area contributed by atoms with Crippen LogP contribution in [0.15, 0.2) is 24.3 Å². The Morgan fingerprint density at radius 2 is 2.05 bits per heavy atom. The molecule has 0 saturated heterocycles. The maximum atomic E-state index is 11.6. The Labute approximate surface area is 116 Å². The number of nitrogen functional groups attached to an aromatic ring is 1. The van der Waals surface area contributed by atoms with Gasteiger partial charge in [0, 0.05) is 17.1 Å². The molecular weight excluding hydrogens is 266 g/mol. The van der Waals surface area contributed by atoms with Crippen molar-refractivity contribution in [2.75, 3.05) is 12.8 Å². The number of aryl methyl sites for hydroxylation is 1. The van der Waals surface area contributed by atoms with Crippen LogP contribution in [0.2, 0.25) is 5.02 Å². The second kappa shape index (κ2) is 5.32. The summed E-state index contributed by atoms with van der Waals surface area (Å²) in [6, 6.07) is 7.16. The normalized spacial score (nSPS) is 10.5. The highest BCUT2D eigenvalue weighted by atomic mass is 35.5. The van der Waals surface area contributed by atoms with Crippen molar-refractivity contribution < 1.29 is 9.53 Å².